The Morgan fingerprint density at radius 1 is 0.450 bits per heavy atom. The van der Waals surface area contributed by atoms with Crippen LogP contribution < -0.4 is 5.32 Å². The Bertz CT molecular complexity index is 1570. The third kappa shape index (κ3) is 35.7. The number of nitrogens with one attached hydrogen (secondary N) is 1. The standard InChI is InChI=1S/C66H119NO13/c1-3-5-7-9-11-13-15-17-19-21-23-24-25-26-27-28-29-30-32-34-36-38-40-42-44-46-48-50-58(71)67-54(55(70)49-47-45-43-41-39-37-35-33-31-22-20-18-16-14-12-10-8-6-4-2)53-77-65-63(76)61(74)64(57(52-69)79-65)80-66-62(75)60(73)59(72)56(51-68)78-66/h15,17,21,23,31,33,39,41,47,49,54-57,59-66,68-70,72-76H,3-14,16,18-20,22,24-30,32,34-38,40,42-46,48,50-53H2,1-2H3,(H,67,71)/b17-15-,23-21-,33-31+,41-39+,49-47+. The minimum atomic E-state index is -1.79. The SMILES string of the molecule is CCCCCCC/C=C\C/C=C\CCCCCCCCCCCCCCCCCC(=O)NC(COC1OC(CO)C(OC2OC(CO)C(O)C(O)C2O)C(O)C1O)C(O)/C=C/CC/C=C/CC/C=C/CCCCCCCCCCC. The second-order valence-corrected chi connectivity index (χ2v) is 22.9. The van der Waals surface area contributed by atoms with Crippen molar-refractivity contribution in [3.05, 3.63) is 60.8 Å². The second-order valence-electron chi connectivity index (χ2n) is 22.9. The van der Waals surface area contributed by atoms with Gasteiger partial charge in [-0.25, -0.2) is 0 Å². The summed E-state index contributed by atoms with van der Waals surface area (Å²) in [6.45, 7) is 2.78. The molecule has 2 aliphatic heterocycles. The van der Waals surface area contributed by atoms with Crippen LogP contribution in [0.25, 0.3) is 0 Å². The van der Waals surface area contributed by atoms with E-state index in [4.69, 9.17) is 18.9 Å². The van der Waals surface area contributed by atoms with Crippen LogP contribution in [-0.4, -0.2) is 140 Å². The van der Waals surface area contributed by atoms with Gasteiger partial charge in [-0.05, 0) is 77.0 Å². The van der Waals surface area contributed by atoms with Gasteiger partial charge in [-0.1, -0.05) is 235 Å². The average Bonchev–Trinajstić information content (AvgIpc) is 3.49. The van der Waals surface area contributed by atoms with Gasteiger partial charge < -0.3 is 65.1 Å². The first kappa shape index (κ1) is 73.8. The molecule has 0 aromatic rings. The Kier molecular flexibility index (Phi) is 47.2. The molecule has 2 saturated heterocycles. The van der Waals surface area contributed by atoms with Gasteiger partial charge in [0.2, 0.25) is 5.91 Å². The van der Waals surface area contributed by atoms with E-state index in [-0.39, 0.29) is 18.9 Å². The highest BCUT2D eigenvalue weighted by Crippen LogP contribution is 2.30. The quantitative estimate of drug-likeness (QED) is 0.0204. The first-order chi connectivity index (χ1) is 39.1. The van der Waals surface area contributed by atoms with Crippen molar-refractivity contribution in [3.8, 4) is 0 Å². The molecule has 9 N–H and O–H groups in total. The van der Waals surface area contributed by atoms with E-state index in [1.54, 1.807) is 6.08 Å². The number of rotatable bonds is 52. The number of ether oxygens (including phenoxy) is 4. The maximum Gasteiger partial charge on any atom is 0.220 e. The molecule has 0 aromatic carbocycles. The summed E-state index contributed by atoms with van der Waals surface area (Å²) in [5.41, 5.74) is 0. The van der Waals surface area contributed by atoms with Gasteiger partial charge in [0.1, 0.15) is 48.8 Å². The molecule has 80 heavy (non-hydrogen) atoms. The average molecular weight is 1130 g/mol. The van der Waals surface area contributed by atoms with Crippen LogP contribution in [0.1, 0.15) is 258 Å². The fraction of sp³-hybridized carbons (Fsp3) is 0.833. The van der Waals surface area contributed by atoms with Crippen molar-refractivity contribution >= 4 is 5.91 Å². The van der Waals surface area contributed by atoms with Crippen LogP contribution in [0.5, 0.6) is 0 Å². The molecular formula is C66H119NO13. The minimum absolute atomic E-state index is 0.253. The molecule has 0 bridgehead atoms. The smallest absolute Gasteiger partial charge is 0.220 e. The van der Waals surface area contributed by atoms with Crippen LogP contribution in [-0.2, 0) is 23.7 Å². The molecule has 14 heteroatoms. The monoisotopic (exact) mass is 1130 g/mol. The van der Waals surface area contributed by atoms with Crippen molar-refractivity contribution in [2.45, 2.75) is 331 Å². The molecule has 2 heterocycles. The molecule has 466 valence electrons. The second kappa shape index (κ2) is 51.1. The number of aliphatic hydroxyl groups excluding tert-OH is 8. The lowest BCUT2D eigenvalue weighted by molar-refractivity contribution is -0.359. The number of carbonyl (C=O) groups is 1. The number of allylic oxidation sites excluding steroid dienone is 9. The highest BCUT2D eigenvalue weighted by molar-refractivity contribution is 5.76. The number of hydrogen-bond acceptors (Lipinski definition) is 13. The predicted octanol–water partition coefficient (Wildman–Crippen LogP) is 12.1. The Hall–Kier alpha value is -2.31. The van der Waals surface area contributed by atoms with E-state index in [1.165, 1.54) is 173 Å². The molecule has 0 saturated carbocycles. The van der Waals surface area contributed by atoms with E-state index in [1.807, 2.05) is 6.08 Å². The summed E-state index contributed by atoms with van der Waals surface area (Å²) in [6, 6.07) is -0.940. The summed E-state index contributed by atoms with van der Waals surface area (Å²) in [6.07, 6.45) is 49.8. The van der Waals surface area contributed by atoms with Gasteiger partial charge in [0.25, 0.3) is 0 Å². The van der Waals surface area contributed by atoms with Gasteiger partial charge in [0, 0.05) is 6.42 Å². The molecule has 14 nitrogen and oxygen atoms in total. The Morgan fingerprint density at radius 3 is 1.30 bits per heavy atom. The molecule has 0 spiro atoms. The molecule has 2 aliphatic rings. The van der Waals surface area contributed by atoms with E-state index in [0.29, 0.717) is 12.8 Å². The fourth-order valence-corrected chi connectivity index (χ4v) is 10.4. The molecule has 12 atom stereocenters. The van der Waals surface area contributed by atoms with Crippen LogP contribution in [0.4, 0.5) is 0 Å². The largest absolute Gasteiger partial charge is 0.394 e. The van der Waals surface area contributed by atoms with Gasteiger partial charge in [0.05, 0.1) is 32.0 Å². The van der Waals surface area contributed by atoms with Crippen molar-refractivity contribution in [1.29, 1.82) is 0 Å². The zero-order valence-corrected chi connectivity index (χ0v) is 50.3. The van der Waals surface area contributed by atoms with E-state index in [9.17, 15) is 45.6 Å². The minimum Gasteiger partial charge on any atom is -0.394 e. The van der Waals surface area contributed by atoms with E-state index < -0.39 is 86.8 Å². The Morgan fingerprint density at radius 2 is 0.838 bits per heavy atom. The normalized spacial score (nSPS) is 24.6. The van der Waals surface area contributed by atoms with Gasteiger partial charge in [0.15, 0.2) is 12.6 Å². The summed E-state index contributed by atoms with van der Waals surface area (Å²) in [4.78, 5) is 13.3. The summed E-state index contributed by atoms with van der Waals surface area (Å²) in [7, 11) is 0. The van der Waals surface area contributed by atoms with Crippen LogP contribution >= 0.6 is 0 Å². The van der Waals surface area contributed by atoms with Crippen LogP contribution in [0, 0.1) is 0 Å². The maximum atomic E-state index is 13.3. The van der Waals surface area contributed by atoms with Gasteiger partial charge in [-0.2, -0.15) is 0 Å². The molecule has 1 amide bonds. The van der Waals surface area contributed by atoms with E-state index in [0.717, 1.165) is 51.4 Å². The maximum absolute atomic E-state index is 13.3. The first-order valence-corrected chi connectivity index (χ1v) is 32.5. The highest BCUT2D eigenvalue weighted by atomic mass is 16.7. The van der Waals surface area contributed by atoms with Gasteiger partial charge in [-0.15, -0.1) is 0 Å². The zero-order valence-electron chi connectivity index (χ0n) is 50.3. The lowest BCUT2D eigenvalue weighted by atomic mass is 9.97. The molecule has 2 fully saturated rings. The van der Waals surface area contributed by atoms with Crippen LogP contribution in [0.15, 0.2) is 60.8 Å². The van der Waals surface area contributed by atoms with Crippen molar-refractivity contribution in [2.75, 3.05) is 19.8 Å². The van der Waals surface area contributed by atoms with E-state index in [2.05, 4.69) is 67.8 Å². The van der Waals surface area contributed by atoms with Crippen molar-refractivity contribution in [1.82, 2.24) is 5.32 Å². The summed E-state index contributed by atoms with van der Waals surface area (Å²) < 4.78 is 22.8. The summed E-state index contributed by atoms with van der Waals surface area (Å²) in [5, 5.41) is 87.2. The predicted molar refractivity (Wildman–Crippen MR) is 323 cm³/mol. The lowest BCUT2D eigenvalue weighted by Crippen LogP contribution is -2.65. The zero-order chi connectivity index (χ0) is 58.1. The van der Waals surface area contributed by atoms with Gasteiger partial charge >= 0.3 is 0 Å². The number of carbonyl (C=O) groups excluding carboxylic acids is 1. The number of amides is 1. The van der Waals surface area contributed by atoms with Crippen LogP contribution in [0.3, 0.4) is 0 Å². The van der Waals surface area contributed by atoms with Crippen molar-refractivity contribution < 1.29 is 64.6 Å². The Labute approximate surface area is 486 Å². The molecule has 0 radical (unpaired) electrons. The van der Waals surface area contributed by atoms with Gasteiger partial charge in [-0.3, -0.25) is 4.79 Å². The first-order valence-electron chi connectivity index (χ1n) is 32.5. The van der Waals surface area contributed by atoms with Crippen molar-refractivity contribution in [3.63, 3.8) is 0 Å². The van der Waals surface area contributed by atoms with E-state index >= 15 is 0 Å². The number of hydrogen-bond donors (Lipinski definition) is 9. The number of aliphatic hydroxyl groups is 8. The molecule has 12 unspecified atom stereocenters. The Balaban J connectivity index is 1.73. The topological polar surface area (TPSA) is 228 Å². The summed E-state index contributed by atoms with van der Waals surface area (Å²) >= 11 is 0. The lowest BCUT2D eigenvalue weighted by Gasteiger charge is -2.46. The molecule has 2 rings (SSSR count). The molecule has 0 aromatic heterocycles. The fourth-order valence-electron chi connectivity index (χ4n) is 10.4. The summed E-state index contributed by atoms with van der Waals surface area (Å²) in [5.74, 6) is -0.253. The van der Waals surface area contributed by atoms with Crippen molar-refractivity contribution in [2.24, 2.45) is 0 Å². The molecular weight excluding hydrogens is 1010 g/mol. The molecule has 0 aliphatic carbocycles. The number of unbranched alkanes of at least 4 members (excludes halogenated alkanes) is 31. The third-order valence-corrected chi connectivity index (χ3v) is 15.7. The third-order valence-electron chi connectivity index (χ3n) is 15.7. The van der Waals surface area contributed by atoms with Crippen LogP contribution in [0.2, 0.25) is 0 Å². The highest BCUT2D eigenvalue weighted by Gasteiger charge is 2.51.